The predicted octanol–water partition coefficient (Wildman–Crippen LogP) is 4.28. The van der Waals surface area contributed by atoms with Crippen molar-refractivity contribution in [2.24, 2.45) is 0 Å². The summed E-state index contributed by atoms with van der Waals surface area (Å²) in [6.45, 7) is 5.88. The molecule has 0 spiro atoms. The van der Waals surface area contributed by atoms with E-state index in [1.165, 1.54) is 17.7 Å². The third-order valence-electron chi connectivity index (χ3n) is 3.62. The smallest absolute Gasteiger partial charge is 0.407 e. The summed E-state index contributed by atoms with van der Waals surface area (Å²) in [7, 11) is 0. The van der Waals surface area contributed by atoms with E-state index in [-0.39, 0.29) is 12.1 Å². The number of aromatic amines is 1. The van der Waals surface area contributed by atoms with E-state index >= 15 is 0 Å². The highest BCUT2D eigenvalue weighted by atomic mass is 35.5. The number of carbonyl (C=O) groups is 1. The lowest BCUT2D eigenvalue weighted by molar-refractivity contribution is 0.0526. The molecular formula is C17H18Cl2N4O3S. The van der Waals surface area contributed by atoms with Gasteiger partial charge in [-0.2, -0.15) is 0 Å². The van der Waals surface area contributed by atoms with Crippen LogP contribution in [0.15, 0.2) is 22.6 Å². The van der Waals surface area contributed by atoms with Crippen molar-refractivity contribution in [1.29, 1.82) is 0 Å². The van der Waals surface area contributed by atoms with Crippen molar-refractivity contribution >= 4 is 51.7 Å². The van der Waals surface area contributed by atoms with Crippen molar-refractivity contribution in [2.75, 3.05) is 6.54 Å². The van der Waals surface area contributed by atoms with E-state index in [9.17, 15) is 9.59 Å². The molecule has 3 aromatic rings. The van der Waals surface area contributed by atoms with Crippen LogP contribution in [0.2, 0.25) is 10.0 Å². The summed E-state index contributed by atoms with van der Waals surface area (Å²) in [4.78, 5) is 31.8. The van der Waals surface area contributed by atoms with Gasteiger partial charge in [-0.15, -0.1) is 11.3 Å². The van der Waals surface area contributed by atoms with Gasteiger partial charge in [0.15, 0.2) is 0 Å². The fourth-order valence-corrected chi connectivity index (χ4v) is 4.23. The first-order chi connectivity index (χ1) is 12.7. The number of hydrogen-bond donors (Lipinski definition) is 2. The lowest BCUT2D eigenvalue weighted by Crippen LogP contribution is -2.34. The normalized spacial score (nSPS) is 11.7. The first kappa shape index (κ1) is 19.7. The highest BCUT2D eigenvalue weighted by Gasteiger charge is 2.23. The number of carbonyl (C=O) groups excluding carboxylic acids is 1. The summed E-state index contributed by atoms with van der Waals surface area (Å²) in [6, 6.07) is 1.76. The van der Waals surface area contributed by atoms with Crippen LogP contribution in [0.25, 0.3) is 21.6 Å². The summed E-state index contributed by atoms with van der Waals surface area (Å²) in [6.07, 6.45) is 0.771. The molecule has 0 fully saturated rings. The fourth-order valence-electron chi connectivity index (χ4n) is 2.64. The molecule has 0 unspecified atom stereocenters. The number of hydrogen-bond acceptors (Lipinski definition) is 5. The Bertz CT molecular complexity index is 1050. The number of fused-ring (bicyclic) bond motifs is 1. The highest BCUT2D eigenvalue weighted by molar-refractivity contribution is 7.14. The van der Waals surface area contributed by atoms with Crippen molar-refractivity contribution < 1.29 is 9.53 Å². The number of amides is 1. The van der Waals surface area contributed by atoms with Crippen LogP contribution in [0, 0.1) is 0 Å². The maximum Gasteiger partial charge on any atom is 0.407 e. The van der Waals surface area contributed by atoms with Crippen molar-refractivity contribution in [2.45, 2.75) is 32.9 Å². The largest absolute Gasteiger partial charge is 0.444 e. The third-order valence-corrected chi connectivity index (χ3v) is 5.33. The van der Waals surface area contributed by atoms with Crippen LogP contribution < -0.4 is 10.9 Å². The van der Waals surface area contributed by atoms with Crippen molar-refractivity contribution in [3.05, 3.63) is 38.2 Å². The molecule has 10 heteroatoms. The SMILES string of the molecule is CC(C)(C)OC(=O)NCCn1c(-c2sccc2Cl)c(Cl)c2nc[nH]c(=O)c21. The summed E-state index contributed by atoms with van der Waals surface area (Å²) < 4.78 is 6.95. The molecule has 144 valence electrons. The second-order valence-corrected chi connectivity index (χ2v) is 8.47. The first-order valence-corrected chi connectivity index (χ1v) is 9.78. The summed E-state index contributed by atoms with van der Waals surface area (Å²) in [5.41, 5.74) is 0.398. The fraction of sp³-hybridized carbons (Fsp3) is 0.353. The molecule has 27 heavy (non-hydrogen) atoms. The van der Waals surface area contributed by atoms with Gasteiger partial charge in [-0.25, -0.2) is 9.78 Å². The molecule has 0 bridgehead atoms. The summed E-state index contributed by atoms with van der Waals surface area (Å²) >= 11 is 14.2. The van der Waals surface area contributed by atoms with Gasteiger partial charge in [0.25, 0.3) is 5.56 Å². The monoisotopic (exact) mass is 428 g/mol. The highest BCUT2D eigenvalue weighted by Crippen LogP contribution is 2.41. The van der Waals surface area contributed by atoms with Crippen LogP contribution in [0.4, 0.5) is 4.79 Å². The number of nitrogens with one attached hydrogen (secondary N) is 2. The average Bonchev–Trinajstić information content (AvgIpc) is 3.08. The standard InChI is InChI=1S/C17H18Cl2N4O3S/c1-17(2,3)26-16(25)20-5-6-23-12(14-9(18)4-7-27-14)10(19)11-13(23)15(24)22-8-21-11/h4,7-8H,5-6H2,1-3H3,(H,20,25)(H,21,22,24). The number of aromatic nitrogens is 3. The van der Waals surface area contributed by atoms with Gasteiger partial charge in [-0.3, -0.25) is 4.79 Å². The number of thiophene rings is 1. The summed E-state index contributed by atoms with van der Waals surface area (Å²) in [5, 5.41) is 5.40. The molecule has 2 N–H and O–H groups in total. The Balaban J connectivity index is 1.97. The van der Waals surface area contributed by atoms with E-state index in [0.717, 1.165) is 4.88 Å². The van der Waals surface area contributed by atoms with Crippen LogP contribution in [0.3, 0.4) is 0 Å². The molecule has 3 rings (SSSR count). The van der Waals surface area contributed by atoms with Crippen molar-refractivity contribution in [3.63, 3.8) is 0 Å². The Morgan fingerprint density at radius 3 is 2.78 bits per heavy atom. The molecule has 0 atom stereocenters. The zero-order valence-electron chi connectivity index (χ0n) is 14.9. The predicted molar refractivity (Wildman–Crippen MR) is 108 cm³/mol. The van der Waals surface area contributed by atoms with E-state index in [1.54, 1.807) is 31.4 Å². The molecule has 3 aromatic heterocycles. The third kappa shape index (κ3) is 4.12. The molecule has 0 aliphatic carbocycles. The van der Waals surface area contributed by atoms with E-state index < -0.39 is 11.7 Å². The zero-order valence-corrected chi connectivity index (χ0v) is 17.3. The molecule has 0 saturated carbocycles. The number of alkyl carbamates (subject to hydrolysis) is 1. The number of nitrogens with zero attached hydrogens (tertiary/aromatic N) is 2. The topological polar surface area (TPSA) is 89.0 Å². The van der Waals surface area contributed by atoms with Gasteiger partial charge in [-0.05, 0) is 32.2 Å². The van der Waals surface area contributed by atoms with Gasteiger partial charge in [0.1, 0.15) is 16.6 Å². The molecular weight excluding hydrogens is 411 g/mol. The van der Waals surface area contributed by atoms with Crippen molar-refractivity contribution in [3.8, 4) is 10.6 Å². The molecule has 0 radical (unpaired) electrons. The van der Waals surface area contributed by atoms with Crippen molar-refractivity contribution in [1.82, 2.24) is 19.9 Å². The minimum Gasteiger partial charge on any atom is -0.444 e. The quantitative estimate of drug-likeness (QED) is 0.648. The Hall–Kier alpha value is -2.03. The molecule has 3 heterocycles. The van der Waals surface area contributed by atoms with Gasteiger partial charge in [0.2, 0.25) is 0 Å². The minimum atomic E-state index is -0.593. The summed E-state index contributed by atoms with van der Waals surface area (Å²) in [5.74, 6) is 0. The average molecular weight is 429 g/mol. The maximum atomic E-state index is 12.4. The second kappa shape index (κ2) is 7.53. The number of rotatable bonds is 4. The zero-order chi connectivity index (χ0) is 19.8. The van der Waals surface area contributed by atoms with E-state index in [0.29, 0.717) is 33.3 Å². The molecule has 0 aliphatic rings. The Kier molecular flexibility index (Phi) is 5.50. The van der Waals surface area contributed by atoms with Crippen LogP contribution >= 0.6 is 34.5 Å². The second-order valence-electron chi connectivity index (χ2n) is 6.77. The Morgan fingerprint density at radius 1 is 1.41 bits per heavy atom. The lowest BCUT2D eigenvalue weighted by Gasteiger charge is -2.20. The minimum absolute atomic E-state index is 0.235. The van der Waals surface area contributed by atoms with Gasteiger partial charge < -0.3 is 19.6 Å². The number of ether oxygens (including phenoxy) is 1. The first-order valence-electron chi connectivity index (χ1n) is 8.14. The Labute approximate surface area is 169 Å². The van der Waals surface area contributed by atoms with Gasteiger partial charge in [0.05, 0.1) is 26.9 Å². The van der Waals surface area contributed by atoms with E-state index in [1.807, 2.05) is 5.38 Å². The van der Waals surface area contributed by atoms with Crippen LogP contribution in [0.1, 0.15) is 20.8 Å². The lowest BCUT2D eigenvalue weighted by atomic mass is 10.2. The molecule has 7 nitrogen and oxygen atoms in total. The molecule has 0 aromatic carbocycles. The van der Waals surface area contributed by atoms with Crippen LogP contribution in [-0.4, -0.2) is 32.8 Å². The van der Waals surface area contributed by atoms with Crippen LogP contribution in [-0.2, 0) is 11.3 Å². The van der Waals surface area contributed by atoms with Crippen LogP contribution in [0.5, 0.6) is 0 Å². The molecule has 0 saturated heterocycles. The number of H-pyrrole nitrogens is 1. The van der Waals surface area contributed by atoms with Gasteiger partial charge in [0, 0.05) is 13.1 Å². The molecule has 1 amide bonds. The van der Waals surface area contributed by atoms with Gasteiger partial charge in [-0.1, -0.05) is 23.2 Å². The number of halogens is 2. The van der Waals surface area contributed by atoms with E-state index in [2.05, 4.69) is 15.3 Å². The van der Waals surface area contributed by atoms with E-state index in [4.69, 9.17) is 27.9 Å². The maximum absolute atomic E-state index is 12.4. The molecule has 0 aliphatic heterocycles. The van der Waals surface area contributed by atoms with Gasteiger partial charge >= 0.3 is 6.09 Å². The Morgan fingerprint density at radius 2 is 2.15 bits per heavy atom.